The summed E-state index contributed by atoms with van der Waals surface area (Å²) in [7, 11) is 0. The minimum atomic E-state index is -0.434. The van der Waals surface area contributed by atoms with Crippen LogP contribution in [0.3, 0.4) is 0 Å². The Labute approximate surface area is 254 Å². The van der Waals surface area contributed by atoms with E-state index in [0.717, 1.165) is 0 Å². The maximum absolute atomic E-state index is 13.1. The topological polar surface area (TPSA) is 118 Å². The Morgan fingerprint density at radius 1 is 1.12 bits per heavy atom. The Hall–Kier alpha value is -3.67. The van der Waals surface area contributed by atoms with E-state index in [1.807, 2.05) is 4.57 Å². The summed E-state index contributed by atoms with van der Waals surface area (Å²) in [6.45, 7) is 10.5. The summed E-state index contributed by atoms with van der Waals surface area (Å²) < 4.78 is 7.18. The highest BCUT2D eigenvalue weighted by atomic mass is 35.5. The van der Waals surface area contributed by atoms with Gasteiger partial charge in [-0.15, -0.1) is 16.8 Å². The molecule has 1 aromatic heterocycles. The molecule has 1 atom stereocenters. The number of aromatic nitrogens is 3. The number of morpholine rings is 1. The number of amides is 3. The van der Waals surface area contributed by atoms with Gasteiger partial charge in [-0.1, -0.05) is 61.5 Å². The van der Waals surface area contributed by atoms with E-state index in [1.54, 1.807) is 59.5 Å². The minimum absolute atomic E-state index is 0.0672. The van der Waals surface area contributed by atoms with Crippen molar-refractivity contribution in [2.45, 2.75) is 38.0 Å². The van der Waals surface area contributed by atoms with Crippen LogP contribution in [-0.2, 0) is 16.1 Å². The van der Waals surface area contributed by atoms with E-state index in [2.05, 4.69) is 41.3 Å². The number of benzene rings is 2. The molecule has 3 amide bonds. The van der Waals surface area contributed by atoms with Crippen LogP contribution < -0.4 is 10.6 Å². The molecule has 3 aromatic rings. The lowest BCUT2D eigenvalue weighted by Crippen LogP contribution is -2.40. The Balaban J connectivity index is 1.44. The monoisotopic (exact) mass is 610 g/mol. The molecule has 12 heteroatoms. The fourth-order valence-corrected chi connectivity index (χ4v) is 5.53. The molecule has 1 fully saturated rings. The lowest BCUT2D eigenvalue weighted by atomic mass is 10.0. The van der Waals surface area contributed by atoms with Crippen molar-refractivity contribution in [1.29, 1.82) is 0 Å². The molecule has 1 saturated heterocycles. The zero-order valence-electron chi connectivity index (χ0n) is 23.7. The number of allylic oxidation sites excluding steroid dienone is 1. The molecule has 1 aliphatic rings. The van der Waals surface area contributed by atoms with Gasteiger partial charge < -0.3 is 24.8 Å². The molecule has 10 nitrogen and oxygen atoms in total. The first-order valence-electron chi connectivity index (χ1n) is 13.8. The number of ether oxygens (including phenoxy) is 1. The van der Waals surface area contributed by atoms with Gasteiger partial charge in [0, 0.05) is 30.9 Å². The van der Waals surface area contributed by atoms with Crippen molar-refractivity contribution in [2.75, 3.05) is 37.4 Å². The highest BCUT2D eigenvalue weighted by Crippen LogP contribution is 2.26. The normalized spacial score (nSPS) is 14.0. The van der Waals surface area contributed by atoms with Crippen LogP contribution in [0.1, 0.15) is 52.9 Å². The maximum atomic E-state index is 13.1. The Kier molecular flexibility index (Phi) is 11.2. The van der Waals surface area contributed by atoms with Gasteiger partial charge in [0.1, 0.15) is 0 Å². The van der Waals surface area contributed by atoms with Crippen LogP contribution in [0.15, 0.2) is 66.3 Å². The second kappa shape index (κ2) is 15.0. The summed E-state index contributed by atoms with van der Waals surface area (Å²) in [5.41, 5.74) is 1.42. The van der Waals surface area contributed by atoms with Gasteiger partial charge in [0.15, 0.2) is 11.0 Å². The van der Waals surface area contributed by atoms with Crippen molar-refractivity contribution >= 4 is 46.8 Å². The number of carbonyl (C=O) groups excluding carboxylic acids is 3. The molecular formula is C30H35ClN6O4S. The van der Waals surface area contributed by atoms with Crippen LogP contribution >= 0.6 is 23.4 Å². The quantitative estimate of drug-likeness (QED) is 0.223. The zero-order chi connectivity index (χ0) is 30.1. The molecule has 2 aromatic carbocycles. The molecule has 2 heterocycles. The van der Waals surface area contributed by atoms with Gasteiger partial charge in [-0.2, -0.15) is 0 Å². The molecule has 0 aliphatic carbocycles. The molecule has 0 bridgehead atoms. The summed E-state index contributed by atoms with van der Waals surface area (Å²) >= 11 is 7.49. The van der Waals surface area contributed by atoms with E-state index in [1.165, 1.54) is 11.8 Å². The van der Waals surface area contributed by atoms with Gasteiger partial charge in [0.25, 0.3) is 11.8 Å². The number of anilines is 1. The van der Waals surface area contributed by atoms with Gasteiger partial charge in [-0.05, 0) is 42.7 Å². The highest BCUT2D eigenvalue weighted by Gasteiger charge is 2.25. The Morgan fingerprint density at radius 3 is 2.60 bits per heavy atom. The summed E-state index contributed by atoms with van der Waals surface area (Å²) in [6.07, 6.45) is 2.34. The minimum Gasteiger partial charge on any atom is -0.378 e. The van der Waals surface area contributed by atoms with Gasteiger partial charge in [-0.3, -0.25) is 14.4 Å². The van der Waals surface area contributed by atoms with Crippen LogP contribution in [-0.4, -0.2) is 69.4 Å². The van der Waals surface area contributed by atoms with Crippen molar-refractivity contribution in [3.05, 3.63) is 83.2 Å². The number of thioether (sulfide) groups is 1. The summed E-state index contributed by atoms with van der Waals surface area (Å²) in [4.78, 5) is 40.5. The van der Waals surface area contributed by atoms with Crippen molar-refractivity contribution in [1.82, 2.24) is 25.0 Å². The third-order valence-corrected chi connectivity index (χ3v) is 7.82. The number of hydrogen-bond acceptors (Lipinski definition) is 7. The van der Waals surface area contributed by atoms with E-state index in [0.29, 0.717) is 72.1 Å². The lowest BCUT2D eigenvalue weighted by Gasteiger charge is -2.27. The van der Waals surface area contributed by atoms with Gasteiger partial charge in [0.2, 0.25) is 5.91 Å². The van der Waals surface area contributed by atoms with Crippen molar-refractivity contribution in [3.63, 3.8) is 0 Å². The second-order valence-electron chi connectivity index (χ2n) is 10.2. The number of nitrogens with one attached hydrogen (secondary N) is 2. The van der Waals surface area contributed by atoms with Gasteiger partial charge >= 0.3 is 0 Å². The van der Waals surface area contributed by atoms with Crippen LogP contribution in [0, 0.1) is 5.92 Å². The number of rotatable bonds is 12. The first-order valence-corrected chi connectivity index (χ1v) is 15.1. The fourth-order valence-electron chi connectivity index (χ4n) is 4.55. The standard InChI is InChI=1S/C30H35ClN6O4S/c1-4-12-37-27(25(17-20(2)3)33-28(39)23-10-5-6-11-24(23)31)34-35-30(37)42-19-26(38)32-22-9-7-8-21(18-22)29(40)36-13-15-41-16-14-36/h4-11,18,20,25H,1,12-17,19H2,2-3H3,(H,32,38)(H,33,39)/t25-/m0/s1. The van der Waals surface area contributed by atoms with Gasteiger partial charge in [-0.25, -0.2) is 0 Å². The molecule has 0 unspecified atom stereocenters. The van der Waals surface area contributed by atoms with E-state index in [9.17, 15) is 14.4 Å². The van der Waals surface area contributed by atoms with Crippen LogP contribution in [0.25, 0.3) is 0 Å². The van der Waals surface area contributed by atoms with E-state index < -0.39 is 6.04 Å². The largest absolute Gasteiger partial charge is 0.378 e. The summed E-state index contributed by atoms with van der Waals surface area (Å²) in [5.74, 6) is 0.243. The van der Waals surface area contributed by atoms with Crippen LogP contribution in [0.4, 0.5) is 5.69 Å². The molecule has 0 radical (unpaired) electrons. The van der Waals surface area contributed by atoms with E-state index in [-0.39, 0.29) is 29.4 Å². The van der Waals surface area contributed by atoms with E-state index >= 15 is 0 Å². The Bertz CT molecular complexity index is 1420. The third-order valence-electron chi connectivity index (χ3n) is 6.52. The number of nitrogens with zero attached hydrogens (tertiary/aromatic N) is 4. The molecule has 0 spiro atoms. The molecule has 222 valence electrons. The zero-order valence-corrected chi connectivity index (χ0v) is 25.3. The molecular weight excluding hydrogens is 576 g/mol. The van der Waals surface area contributed by atoms with Crippen LogP contribution in [0.5, 0.6) is 0 Å². The molecule has 2 N–H and O–H groups in total. The summed E-state index contributed by atoms with van der Waals surface area (Å²) in [6, 6.07) is 13.3. The van der Waals surface area contributed by atoms with Gasteiger partial charge in [0.05, 0.1) is 35.6 Å². The predicted octanol–water partition coefficient (Wildman–Crippen LogP) is 4.84. The average molecular weight is 611 g/mol. The number of halogens is 1. The van der Waals surface area contributed by atoms with Crippen LogP contribution in [0.2, 0.25) is 5.02 Å². The van der Waals surface area contributed by atoms with E-state index in [4.69, 9.17) is 16.3 Å². The maximum Gasteiger partial charge on any atom is 0.254 e. The SMILES string of the molecule is C=CCn1c(SCC(=O)Nc2cccc(C(=O)N3CCOCC3)c2)nnc1[C@H](CC(C)C)NC(=O)c1ccccc1Cl. The predicted molar refractivity (Wildman–Crippen MR) is 164 cm³/mol. The third kappa shape index (κ3) is 8.21. The van der Waals surface area contributed by atoms with Crippen molar-refractivity contribution < 1.29 is 19.1 Å². The molecule has 42 heavy (non-hydrogen) atoms. The first-order chi connectivity index (χ1) is 20.3. The number of hydrogen-bond donors (Lipinski definition) is 2. The lowest BCUT2D eigenvalue weighted by molar-refractivity contribution is -0.113. The first kappa shape index (κ1) is 31.3. The molecule has 0 saturated carbocycles. The smallest absolute Gasteiger partial charge is 0.254 e. The molecule has 4 rings (SSSR count). The highest BCUT2D eigenvalue weighted by molar-refractivity contribution is 7.99. The molecule has 1 aliphatic heterocycles. The summed E-state index contributed by atoms with van der Waals surface area (Å²) in [5, 5.41) is 15.6. The number of carbonyl (C=O) groups is 3. The Morgan fingerprint density at radius 2 is 1.88 bits per heavy atom. The van der Waals surface area contributed by atoms with Crippen molar-refractivity contribution in [3.8, 4) is 0 Å². The fraction of sp³-hybridized carbons (Fsp3) is 0.367. The second-order valence-corrected chi connectivity index (χ2v) is 11.5. The van der Waals surface area contributed by atoms with Crippen molar-refractivity contribution in [2.24, 2.45) is 5.92 Å². The average Bonchev–Trinajstić information content (AvgIpc) is 3.38.